The van der Waals surface area contributed by atoms with E-state index in [0.717, 1.165) is 25.7 Å². The molecule has 0 aromatic carbocycles. The van der Waals surface area contributed by atoms with Crippen LogP contribution in [0.4, 0.5) is 0 Å². The van der Waals surface area contributed by atoms with Crippen molar-refractivity contribution < 1.29 is 14.7 Å². The van der Waals surface area contributed by atoms with E-state index < -0.39 is 11.5 Å². The number of rotatable bonds is 5. The van der Waals surface area contributed by atoms with Gasteiger partial charge in [-0.3, -0.25) is 4.79 Å². The third-order valence-electron chi connectivity index (χ3n) is 4.50. The Balaban J connectivity index is 1.83. The lowest BCUT2D eigenvalue weighted by atomic mass is 9.80. The lowest BCUT2D eigenvalue weighted by Crippen LogP contribution is -2.55. The molecule has 0 spiro atoms. The number of carboxylic acid groups (broad SMARTS) is 1. The maximum absolute atomic E-state index is 11.9. The molecule has 2 aliphatic rings. The van der Waals surface area contributed by atoms with Crippen molar-refractivity contribution in [1.82, 2.24) is 5.32 Å². The van der Waals surface area contributed by atoms with Crippen molar-refractivity contribution in [3.05, 3.63) is 0 Å². The van der Waals surface area contributed by atoms with Crippen LogP contribution in [0.5, 0.6) is 0 Å². The fourth-order valence-electron chi connectivity index (χ4n) is 2.99. The average molecular weight is 253 g/mol. The number of carbonyl (C=O) groups is 2. The molecule has 2 saturated carbocycles. The van der Waals surface area contributed by atoms with Gasteiger partial charge in [0.25, 0.3) is 0 Å². The molecule has 102 valence electrons. The number of hydrogen-bond acceptors (Lipinski definition) is 2. The Hall–Kier alpha value is -1.06. The van der Waals surface area contributed by atoms with Gasteiger partial charge in [0.1, 0.15) is 5.54 Å². The number of carboxylic acids is 1. The number of hydrogen-bond donors (Lipinski definition) is 2. The van der Waals surface area contributed by atoms with Crippen LogP contribution in [-0.4, -0.2) is 22.5 Å². The van der Waals surface area contributed by atoms with E-state index in [-0.39, 0.29) is 5.91 Å². The normalized spacial score (nSPS) is 23.1. The van der Waals surface area contributed by atoms with Crippen molar-refractivity contribution in [2.24, 2.45) is 5.92 Å². The molecule has 0 aliphatic heterocycles. The molecule has 0 saturated heterocycles. The maximum Gasteiger partial charge on any atom is 0.329 e. The van der Waals surface area contributed by atoms with Crippen molar-refractivity contribution in [2.45, 2.75) is 69.7 Å². The first kappa shape index (κ1) is 13.4. The molecule has 0 radical (unpaired) electrons. The summed E-state index contributed by atoms with van der Waals surface area (Å²) < 4.78 is 0. The Morgan fingerprint density at radius 2 is 1.78 bits per heavy atom. The lowest BCUT2D eigenvalue weighted by molar-refractivity contribution is -0.149. The molecule has 1 amide bonds. The SMILES string of the molecule is O=C(CCC1CCC1)NC1(C(=O)O)CCCCC1. The summed E-state index contributed by atoms with van der Waals surface area (Å²) in [6.45, 7) is 0. The van der Waals surface area contributed by atoms with E-state index in [1.54, 1.807) is 0 Å². The molecule has 2 rings (SSSR count). The smallest absolute Gasteiger partial charge is 0.329 e. The largest absolute Gasteiger partial charge is 0.480 e. The van der Waals surface area contributed by atoms with E-state index in [1.807, 2.05) is 0 Å². The first-order valence-corrected chi connectivity index (χ1v) is 7.17. The lowest BCUT2D eigenvalue weighted by Gasteiger charge is -2.34. The van der Waals surface area contributed by atoms with Crippen LogP contribution in [0.15, 0.2) is 0 Å². The number of aliphatic carboxylic acids is 1. The minimum Gasteiger partial charge on any atom is -0.480 e. The second-order valence-corrected chi connectivity index (χ2v) is 5.83. The predicted octanol–water partition coefficient (Wildman–Crippen LogP) is 2.47. The second-order valence-electron chi connectivity index (χ2n) is 5.83. The first-order valence-electron chi connectivity index (χ1n) is 7.17. The zero-order valence-electron chi connectivity index (χ0n) is 10.9. The molecule has 0 aromatic rings. The van der Waals surface area contributed by atoms with E-state index in [9.17, 15) is 14.7 Å². The monoisotopic (exact) mass is 253 g/mol. The molecule has 0 bridgehead atoms. The fourth-order valence-corrected chi connectivity index (χ4v) is 2.99. The quantitative estimate of drug-likeness (QED) is 0.791. The molecule has 2 fully saturated rings. The van der Waals surface area contributed by atoms with Crippen molar-refractivity contribution in [1.29, 1.82) is 0 Å². The van der Waals surface area contributed by atoms with Crippen molar-refractivity contribution in [2.75, 3.05) is 0 Å². The number of nitrogens with one attached hydrogen (secondary N) is 1. The second kappa shape index (κ2) is 5.72. The van der Waals surface area contributed by atoms with Crippen molar-refractivity contribution in [3.63, 3.8) is 0 Å². The van der Waals surface area contributed by atoms with Crippen LogP contribution < -0.4 is 5.32 Å². The summed E-state index contributed by atoms with van der Waals surface area (Å²) >= 11 is 0. The molecule has 4 nitrogen and oxygen atoms in total. The van der Waals surface area contributed by atoms with Gasteiger partial charge in [0.15, 0.2) is 0 Å². The summed E-state index contributed by atoms with van der Waals surface area (Å²) in [7, 11) is 0. The summed E-state index contributed by atoms with van der Waals surface area (Å²) in [5.74, 6) is -0.242. The minimum atomic E-state index is -0.977. The van der Waals surface area contributed by atoms with Gasteiger partial charge in [-0.25, -0.2) is 4.79 Å². The highest BCUT2D eigenvalue weighted by Gasteiger charge is 2.40. The summed E-state index contributed by atoms with van der Waals surface area (Å²) in [5, 5.41) is 12.2. The molecular weight excluding hydrogens is 230 g/mol. The Bertz CT molecular complexity index is 317. The number of carbonyl (C=O) groups excluding carboxylic acids is 1. The third-order valence-corrected chi connectivity index (χ3v) is 4.50. The van der Waals surface area contributed by atoms with E-state index in [2.05, 4.69) is 5.32 Å². The van der Waals surface area contributed by atoms with Crippen molar-refractivity contribution in [3.8, 4) is 0 Å². The van der Waals surface area contributed by atoms with Crippen LogP contribution in [0.3, 0.4) is 0 Å². The average Bonchev–Trinajstić information content (AvgIpc) is 2.28. The number of amides is 1. The van der Waals surface area contributed by atoms with Gasteiger partial charge in [-0.05, 0) is 25.2 Å². The minimum absolute atomic E-state index is 0.0776. The molecular formula is C14H23NO3. The molecule has 0 aromatic heterocycles. The van der Waals surface area contributed by atoms with E-state index in [1.165, 1.54) is 19.3 Å². The van der Waals surface area contributed by atoms with Crippen LogP contribution in [0.25, 0.3) is 0 Å². The van der Waals surface area contributed by atoms with E-state index in [4.69, 9.17) is 0 Å². The van der Waals surface area contributed by atoms with Crippen molar-refractivity contribution >= 4 is 11.9 Å². The topological polar surface area (TPSA) is 66.4 Å². The molecule has 4 heteroatoms. The molecule has 0 heterocycles. The standard InChI is InChI=1S/C14H23NO3/c16-12(8-7-11-5-4-6-11)15-14(13(17)18)9-2-1-3-10-14/h11H,1-10H2,(H,15,16)(H,17,18). The predicted molar refractivity (Wildman–Crippen MR) is 68.2 cm³/mol. The summed E-state index contributed by atoms with van der Waals surface area (Å²) in [5.41, 5.74) is -0.977. The van der Waals surface area contributed by atoms with Gasteiger partial charge in [0.2, 0.25) is 5.91 Å². The summed E-state index contributed by atoms with van der Waals surface area (Å²) in [6.07, 6.45) is 9.19. The van der Waals surface area contributed by atoms with E-state index >= 15 is 0 Å². The highest BCUT2D eigenvalue weighted by molar-refractivity contribution is 5.87. The Kier molecular flexibility index (Phi) is 4.25. The molecule has 18 heavy (non-hydrogen) atoms. The maximum atomic E-state index is 11.9. The Morgan fingerprint density at radius 1 is 1.11 bits per heavy atom. The fraction of sp³-hybridized carbons (Fsp3) is 0.857. The van der Waals surface area contributed by atoms with E-state index in [0.29, 0.717) is 25.2 Å². The molecule has 2 N–H and O–H groups in total. The molecule has 0 atom stereocenters. The van der Waals surface area contributed by atoms with Crippen LogP contribution in [0, 0.1) is 5.92 Å². The zero-order chi connectivity index (χ0) is 13.0. The molecule has 0 unspecified atom stereocenters. The van der Waals surface area contributed by atoms with Gasteiger partial charge in [0.05, 0.1) is 0 Å². The van der Waals surface area contributed by atoms with Gasteiger partial charge in [0, 0.05) is 6.42 Å². The highest BCUT2D eigenvalue weighted by Crippen LogP contribution is 2.31. The van der Waals surface area contributed by atoms with Gasteiger partial charge < -0.3 is 10.4 Å². The Morgan fingerprint density at radius 3 is 2.28 bits per heavy atom. The zero-order valence-corrected chi connectivity index (χ0v) is 10.9. The van der Waals surface area contributed by atoms with Gasteiger partial charge in [-0.2, -0.15) is 0 Å². The van der Waals surface area contributed by atoms with Crippen LogP contribution in [-0.2, 0) is 9.59 Å². The Labute approximate surface area is 108 Å². The summed E-state index contributed by atoms with van der Waals surface area (Å²) in [6, 6.07) is 0. The van der Waals surface area contributed by atoms with Gasteiger partial charge >= 0.3 is 5.97 Å². The first-order chi connectivity index (χ1) is 8.62. The summed E-state index contributed by atoms with van der Waals surface area (Å²) in [4.78, 5) is 23.3. The van der Waals surface area contributed by atoms with Gasteiger partial charge in [-0.15, -0.1) is 0 Å². The van der Waals surface area contributed by atoms with Gasteiger partial charge in [-0.1, -0.05) is 38.5 Å². The molecule has 2 aliphatic carbocycles. The van der Waals surface area contributed by atoms with Crippen LogP contribution >= 0.6 is 0 Å². The third kappa shape index (κ3) is 3.03. The van der Waals surface area contributed by atoms with Crippen LogP contribution in [0.2, 0.25) is 0 Å². The highest BCUT2D eigenvalue weighted by atomic mass is 16.4. The van der Waals surface area contributed by atoms with Crippen LogP contribution in [0.1, 0.15) is 64.2 Å².